The van der Waals surface area contributed by atoms with Crippen LogP contribution in [-0.4, -0.2) is 114 Å². The van der Waals surface area contributed by atoms with Crippen LogP contribution in [0.3, 0.4) is 0 Å². The van der Waals surface area contributed by atoms with Crippen molar-refractivity contribution < 1.29 is 29.4 Å². The molecule has 2 aliphatic heterocycles. The minimum atomic E-state index is -0.910. The second-order valence-corrected chi connectivity index (χ2v) is 18.2. The lowest BCUT2D eigenvalue weighted by atomic mass is 9.45. The molecule has 2 aromatic carbocycles. The number of rotatable bonds is 18. The number of amides is 2. The molecule has 0 unspecified atom stereocenters. The minimum absolute atomic E-state index is 0.0292. The molecule has 2 heterocycles. The number of hydrogen-bond donors (Lipinski definition) is 4. The summed E-state index contributed by atoms with van der Waals surface area (Å²) in [6.45, 7) is 17.8. The molecule has 4 N–H and O–H groups in total. The van der Waals surface area contributed by atoms with Crippen LogP contribution < -0.4 is 15.4 Å². The molecule has 11 nitrogen and oxygen atoms in total. The number of likely N-dealkylation sites (N-methyl/N-ethyl adjacent to an activating group) is 1. The maximum absolute atomic E-state index is 14.4. The van der Waals surface area contributed by atoms with Gasteiger partial charge in [-0.3, -0.25) is 14.4 Å². The summed E-state index contributed by atoms with van der Waals surface area (Å²) in [4.78, 5) is 38.8. The molecule has 2 saturated heterocycles. The van der Waals surface area contributed by atoms with E-state index in [9.17, 15) is 19.8 Å². The summed E-state index contributed by atoms with van der Waals surface area (Å²) in [6, 6.07) is 15.2. The molecule has 2 bridgehead atoms. The van der Waals surface area contributed by atoms with E-state index >= 15 is 0 Å². The number of hydroxylamine groups is 2. The van der Waals surface area contributed by atoms with Crippen molar-refractivity contribution in [3.8, 4) is 5.75 Å². The monoisotopic (exact) mass is 812 g/mol. The Bertz CT molecular complexity index is 1820. The third kappa shape index (κ3) is 10.3. The highest BCUT2D eigenvalue weighted by Gasteiger charge is 2.57. The van der Waals surface area contributed by atoms with Gasteiger partial charge in [0.05, 0.1) is 25.9 Å². The first-order chi connectivity index (χ1) is 28.2. The van der Waals surface area contributed by atoms with Crippen LogP contribution in [0.25, 0.3) is 5.57 Å². The van der Waals surface area contributed by atoms with Crippen LogP contribution >= 0.6 is 0 Å². The molecule has 0 radical (unpaired) electrons. The van der Waals surface area contributed by atoms with Gasteiger partial charge in [-0.1, -0.05) is 75.9 Å². The summed E-state index contributed by atoms with van der Waals surface area (Å²) >= 11 is 0. The van der Waals surface area contributed by atoms with Crippen molar-refractivity contribution in [3.05, 3.63) is 95.7 Å². The van der Waals surface area contributed by atoms with Gasteiger partial charge in [-0.15, -0.1) is 0 Å². The molecule has 322 valence electrons. The number of benzene rings is 2. The van der Waals surface area contributed by atoms with Gasteiger partial charge >= 0.3 is 0 Å². The van der Waals surface area contributed by atoms with Gasteiger partial charge in [-0.25, -0.2) is 0 Å². The van der Waals surface area contributed by atoms with E-state index in [1.54, 1.807) is 18.1 Å². The number of nitrogens with zero attached hydrogens (tertiary/aromatic N) is 3. The molecule has 9 atom stereocenters. The van der Waals surface area contributed by atoms with Gasteiger partial charge in [0.2, 0.25) is 11.8 Å². The Kier molecular flexibility index (Phi) is 14.8. The Hall–Kier alpha value is -4.00. The lowest BCUT2D eigenvalue weighted by Crippen LogP contribution is -2.62. The van der Waals surface area contributed by atoms with Crippen molar-refractivity contribution in [3.63, 3.8) is 0 Å². The van der Waals surface area contributed by atoms with Crippen LogP contribution in [0.5, 0.6) is 5.75 Å². The molecular formula is C48H69N5O6. The van der Waals surface area contributed by atoms with E-state index < -0.39 is 24.2 Å². The topological polar surface area (TPSA) is 127 Å². The zero-order chi connectivity index (χ0) is 42.4. The number of allylic oxidation sites excluding steroid dienone is 3. The molecular weight excluding hydrogens is 743 g/mol. The highest BCUT2D eigenvalue weighted by molar-refractivity contribution is 5.92. The number of carbonyl (C=O) groups is 2. The van der Waals surface area contributed by atoms with Gasteiger partial charge in [0.25, 0.3) is 0 Å². The smallest absolute Gasteiger partial charge is 0.244 e. The largest absolute Gasteiger partial charge is 0.493 e. The van der Waals surface area contributed by atoms with Crippen molar-refractivity contribution in [2.45, 2.75) is 104 Å². The molecule has 11 heteroatoms. The number of ether oxygens (including phenoxy) is 1. The molecule has 0 spiro atoms. The summed E-state index contributed by atoms with van der Waals surface area (Å²) in [7, 11) is 3.84. The molecule has 2 amide bonds. The van der Waals surface area contributed by atoms with Crippen molar-refractivity contribution in [1.82, 2.24) is 25.5 Å². The normalized spacial score (nSPS) is 27.9. The SMILES string of the molecule is C=C(/C=C(\C=C\C(=O)N[C@@H](Cc1ccccc1)CN1CCCC1)c1cccc(CN2O[C@@H](CO)[C@@H]([C@H](C)O)[C@H]2C(=O)N[C@H]2C[C@H]3C[C@@H]([C@@H]2C)C3(C)C)c1OCC)N(C)C. The first-order valence-electron chi connectivity index (χ1n) is 21.8. The van der Waals surface area contributed by atoms with E-state index in [4.69, 9.17) is 9.57 Å². The van der Waals surface area contributed by atoms with Crippen LogP contribution in [0, 0.1) is 29.1 Å². The van der Waals surface area contributed by atoms with Gasteiger partial charge in [-0.05, 0) is 105 Å². The van der Waals surface area contributed by atoms with Crippen molar-refractivity contribution in [2.75, 3.05) is 46.9 Å². The lowest BCUT2D eigenvalue weighted by Gasteiger charge is -2.62. The predicted molar refractivity (Wildman–Crippen MR) is 233 cm³/mol. The van der Waals surface area contributed by atoms with Crippen LogP contribution in [0.15, 0.2) is 79.0 Å². The summed E-state index contributed by atoms with van der Waals surface area (Å²) in [5.41, 5.74) is 4.42. The molecule has 59 heavy (non-hydrogen) atoms. The second-order valence-electron chi connectivity index (χ2n) is 18.2. The Morgan fingerprint density at radius 2 is 1.81 bits per heavy atom. The van der Waals surface area contributed by atoms with Crippen molar-refractivity contribution in [2.24, 2.45) is 29.1 Å². The lowest BCUT2D eigenvalue weighted by molar-refractivity contribution is -0.183. The van der Waals surface area contributed by atoms with Gasteiger partial charge in [0.15, 0.2) is 0 Å². The van der Waals surface area contributed by atoms with Gasteiger partial charge in [0, 0.05) is 61.5 Å². The third-order valence-electron chi connectivity index (χ3n) is 13.7. The molecule has 3 saturated carbocycles. The highest BCUT2D eigenvalue weighted by atomic mass is 16.7. The zero-order valence-electron chi connectivity index (χ0n) is 36.4. The number of para-hydroxylation sites is 1. The number of nitrogens with one attached hydrogen (secondary N) is 2. The van der Waals surface area contributed by atoms with E-state index in [1.807, 2.05) is 74.5 Å². The number of fused-ring (bicyclic) bond motifs is 2. The van der Waals surface area contributed by atoms with E-state index in [0.717, 1.165) is 54.9 Å². The molecule has 5 aliphatic rings. The number of likely N-dealkylation sites (tertiary alicyclic amines) is 1. The Balaban J connectivity index is 1.27. The van der Waals surface area contributed by atoms with Crippen LogP contribution in [0.1, 0.15) is 77.0 Å². The minimum Gasteiger partial charge on any atom is -0.493 e. The third-order valence-corrected chi connectivity index (χ3v) is 13.7. The van der Waals surface area contributed by atoms with E-state index in [2.05, 4.69) is 55.0 Å². The molecule has 7 rings (SSSR count). The molecule has 3 aliphatic carbocycles. The summed E-state index contributed by atoms with van der Waals surface area (Å²) in [5.74, 6) is 0.980. The predicted octanol–water partition coefficient (Wildman–Crippen LogP) is 5.58. The first kappa shape index (κ1) is 44.5. The molecule has 0 aromatic heterocycles. The summed E-state index contributed by atoms with van der Waals surface area (Å²) in [6.07, 6.45) is 8.86. The van der Waals surface area contributed by atoms with E-state index in [0.29, 0.717) is 30.1 Å². The average Bonchev–Trinajstić information content (AvgIpc) is 3.85. The Labute approximate surface area is 352 Å². The number of aliphatic hydroxyl groups is 2. The first-order valence-corrected chi connectivity index (χ1v) is 21.8. The zero-order valence-corrected chi connectivity index (χ0v) is 36.4. The van der Waals surface area contributed by atoms with Crippen LogP contribution in [-0.2, 0) is 27.4 Å². The van der Waals surface area contributed by atoms with E-state index in [1.165, 1.54) is 24.8 Å². The average molecular weight is 812 g/mol. The standard InChI is InChI=1S/C48H69N5O6/c1-9-58-46-36(28-53-45(44(33(4)55)42(30-54)59-53)47(57)50-41-27-37-26-40(32(41)3)48(37,5)6)18-15-19-39(46)35(24-31(2)51(7)8)20-21-43(56)49-38(29-52-22-13-14-23-52)25-34-16-11-10-12-17-34/h10-12,15-21,24,32-33,37-38,40-42,44-45,54-55H,2,9,13-14,22-23,25-30H2,1,3-8H3,(H,49,56)(H,50,57)/b21-20+,35-24+/t32-,33-,37+,38-,40-,41-,42-,44+,45-/m0/s1. The second kappa shape index (κ2) is 19.6. The van der Waals surface area contributed by atoms with Gasteiger partial charge in [0.1, 0.15) is 17.9 Å². The number of aliphatic hydroxyl groups excluding tert-OH is 2. The van der Waals surface area contributed by atoms with Crippen LogP contribution in [0.4, 0.5) is 0 Å². The maximum Gasteiger partial charge on any atom is 0.244 e. The quantitative estimate of drug-likeness (QED) is 0.113. The maximum atomic E-state index is 14.4. The van der Waals surface area contributed by atoms with Crippen LogP contribution in [0.2, 0.25) is 0 Å². The molecule has 2 aromatic rings. The molecule has 5 fully saturated rings. The van der Waals surface area contributed by atoms with Crippen molar-refractivity contribution >= 4 is 17.4 Å². The fraction of sp³-hybridized carbons (Fsp3) is 0.583. The number of hydrogen-bond acceptors (Lipinski definition) is 9. The number of carbonyl (C=O) groups excluding carboxylic acids is 2. The highest BCUT2D eigenvalue weighted by Crippen LogP contribution is 2.61. The Morgan fingerprint density at radius 1 is 1.08 bits per heavy atom. The summed E-state index contributed by atoms with van der Waals surface area (Å²) in [5, 5.41) is 29.8. The fourth-order valence-electron chi connectivity index (χ4n) is 10.2. The fourth-order valence-corrected chi connectivity index (χ4v) is 10.2. The summed E-state index contributed by atoms with van der Waals surface area (Å²) < 4.78 is 6.40. The van der Waals surface area contributed by atoms with Gasteiger partial charge < -0.3 is 35.4 Å². The van der Waals surface area contributed by atoms with Gasteiger partial charge in [-0.2, -0.15) is 5.06 Å². The van der Waals surface area contributed by atoms with Crippen molar-refractivity contribution in [1.29, 1.82) is 0 Å². The van der Waals surface area contributed by atoms with E-state index in [-0.39, 0.29) is 42.5 Å². The Morgan fingerprint density at radius 3 is 2.44 bits per heavy atom.